The Kier molecular flexibility index (Phi) is 7.55. The Labute approximate surface area is 219 Å². The molecule has 2 saturated heterocycles. The summed E-state index contributed by atoms with van der Waals surface area (Å²) in [7, 11) is 1.69. The van der Waals surface area contributed by atoms with Gasteiger partial charge in [0, 0.05) is 55.5 Å². The van der Waals surface area contributed by atoms with Gasteiger partial charge < -0.3 is 24.3 Å². The number of nitrogens with one attached hydrogen (secondary N) is 1. The lowest BCUT2D eigenvalue weighted by molar-refractivity contribution is 0.0369. The van der Waals surface area contributed by atoms with Gasteiger partial charge in [-0.2, -0.15) is 0 Å². The van der Waals surface area contributed by atoms with Gasteiger partial charge in [0.2, 0.25) is 0 Å². The normalized spacial score (nSPS) is 20.5. The van der Waals surface area contributed by atoms with E-state index in [0.717, 1.165) is 62.9 Å². The van der Waals surface area contributed by atoms with Crippen molar-refractivity contribution in [2.45, 2.75) is 38.9 Å². The van der Waals surface area contributed by atoms with Gasteiger partial charge in [0.1, 0.15) is 5.75 Å². The van der Waals surface area contributed by atoms with E-state index in [4.69, 9.17) is 26.7 Å². The molecule has 2 aliphatic rings. The fourth-order valence-electron chi connectivity index (χ4n) is 5.46. The highest BCUT2D eigenvalue weighted by Gasteiger charge is 2.42. The van der Waals surface area contributed by atoms with Crippen LogP contribution in [0.15, 0.2) is 54.7 Å². The third-order valence-electron chi connectivity index (χ3n) is 7.32. The van der Waals surface area contributed by atoms with Gasteiger partial charge in [0.05, 0.1) is 38.1 Å². The van der Waals surface area contributed by atoms with Gasteiger partial charge in [-0.25, -0.2) is 0 Å². The maximum atomic E-state index is 5.91. The lowest BCUT2D eigenvalue weighted by Gasteiger charge is -2.28. The molecule has 1 N–H and O–H groups in total. The molecule has 5 rings (SSSR count). The summed E-state index contributed by atoms with van der Waals surface area (Å²) in [4.78, 5) is 9.42. The first-order valence-corrected chi connectivity index (χ1v) is 13.1. The number of pyridine rings is 1. The first-order chi connectivity index (χ1) is 17.6. The SMILES string of the molecule is COc1cccc(N2C(=S)NC(c3ccccn3)C2c2cc(C)n(CCCN3CCOCC3)c2C)c1. The molecule has 2 unspecified atom stereocenters. The molecule has 2 aliphatic heterocycles. The van der Waals surface area contributed by atoms with Gasteiger partial charge in [0.25, 0.3) is 0 Å². The van der Waals surface area contributed by atoms with Crippen molar-refractivity contribution in [2.75, 3.05) is 44.9 Å². The lowest BCUT2D eigenvalue weighted by Crippen LogP contribution is -2.37. The van der Waals surface area contributed by atoms with Crippen molar-refractivity contribution in [1.29, 1.82) is 0 Å². The molecule has 190 valence electrons. The van der Waals surface area contributed by atoms with E-state index >= 15 is 0 Å². The van der Waals surface area contributed by atoms with Gasteiger partial charge in [-0.1, -0.05) is 12.1 Å². The second-order valence-corrected chi connectivity index (χ2v) is 9.87. The number of aromatic nitrogens is 2. The van der Waals surface area contributed by atoms with Gasteiger partial charge in [-0.15, -0.1) is 0 Å². The number of hydrogen-bond acceptors (Lipinski definition) is 5. The molecule has 7 nitrogen and oxygen atoms in total. The largest absolute Gasteiger partial charge is 0.497 e. The minimum absolute atomic E-state index is 0.0290. The van der Waals surface area contributed by atoms with Crippen LogP contribution in [-0.2, 0) is 11.3 Å². The van der Waals surface area contributed by atoms with Crippen LogP contribution < -0.4 is 15.0 Å². The third kappa shape index (κ3) is 4.98. The lowest BCUT2D eigenvalue weighted by atomic mass is 9.96. The van der Waals surface area contributed by atoms with E-state index in [2.05, 4.69) is 51.7 Å². The van der Waals surface area contributed by atoms with Crippen molar-refractivity contribution >= 4 is 23.0 Å². The number of rotatable bonds is 8. The second-order valence-electron chi connectivity index (χ2n) is 9.48. The molecular weight excluding hydrogens is 470 g/mol. The summed E-state index contributed by atoms with van der Waals surface area (Å²) in [5.74, 6) is 0.809. The molecule has 36 heavy (non-hydrogen) atoms. The van der Waals surface area contributed by atoms with E-state index in [9.17, 15) is 0 Å². The number of benzene rings is 1. The van der Waals surface area contributed by atoms with Crippen molar-refractivity contribution < 1.29 is 9.47 Å². The number of aryl methyl sites for hydroxylation is 1. The predicted octanol–water partition coefficient (Wildman–Crippen LogP) is 4.41. The van der Waals surface area contributed by atoms with Crippen molar-refractivity contribution in [2.24, 2.45) is 0 Å². The van der Waals surface area contributed by atoms with Crippen LogP contribution in [0.3, 0.4) is 0 Å². The van der Waals surface area contributed by atoms with Gasteiger partial charge in [0.15, 0.2) is 5.11 Å². The van der Waals surface area contributed by atoms with E-state index < -0.39 is 0 Å². The standard InChI is InChI=1S/C28H35N5O2S/c1-20-18-24(21(2)32(20)13-7-12-31-14-16-35-17-15-31)27-26(25-10-4-5-11-29-25)30-28(36)33(27)22-8-6-9-23(19-22)34-3/h4-6,8-11,18-19,26-27H,7,12-17H2,1-3H3,(H,30,36). The molecule has 0 bridgehead atoms. The van der Waals surface area contributed by atoms with Crippen molar-refractivity contribution in [3.05, 3.63) is 77.4 Å². The van der Waals surface area contributed by atoms with Gasteiger partial charge in [-0.05, 0) is 68.4 Å². The molecule has 0 saturated carbocycles. The summed E-state index contributed by atoms with van der Waals surface area (Å²) in [5, 5.41) is 4.27. The molecule has 2 fully saturated rings. The van der Waals surface area contributed by atoms with Crippen LogP contribution in [0.25, 0.3) is 0 Å². The Balaban J connectivity index is 1.48. The fourth-order valence-corrected chi connectivity index (χ4v) is 5.80. The minimum atomic E-state index is -0.0628. The monoisotopic (exact) mass is 505 g/mol. The van der Waals surface area contributed by atoms with Crippen molar-refractivity contribution in [3.8, 4) is 5.75 Å². The summed E-state index contributed by atoms with van der Waals surface area (Å²) in [6.07, 6.45) is 2.96. The third-order valence-corrected chi connectivity index (χ3v) is 7.64. The molecule has 0 aliphatic carbocycles. The van der Waals surface area contributed by atoms with Crippen LogP contribution in [0, 0.1) is 13.8 Å². The Morgan fingerprint density at radius 3 is 2.67 bits per heavy atom. The molecule has 8 heteroatoms. The molecule has 4 heterocycles. The molecule has 1 aromatic carbocycles. The zero-order valence-corrected chi connectivity index (χ0v) is 22.1. The zero-order chi connectivity index (χ0) is 25.1. The Hall–Kier alpha value is -2.94. The van der Waals surface area contributed by atoms with E-state index in [1.54, 1.807) is 7.11 Å². The Morgan fingerprint density at radius 1 is 1.08 bits per heavy atom. The molecule has 2 aromatic heterocycles. The topological polar surface area (TPSA) is 54.8 Å². The predicted molar refractivity (Wildman–Crippen MR) is 147 cm³/mol. The Morgan fingerprint density at radius 2 is 1.92 bits per heavy atom. The average molecular weight is 506 g/mol. The van der Waals surface area contributed by atoms with E-state index in [0.29, 0.717) is 5.11 Å². The summed E-state index contributed by atoms with van der Waals surface area (Å²) in [6.45, 7) is 10.3. The Bertz CT molecular complexity index is 1190. The zero-order valence-electron chi connectivity index (χ0n) is 21.3. The molecule has 0 radical (unpaired) electrons. The fraction of sp³-hybridized carbons (Fsp3) is 0.429. The summed E-state index contributed by atoms with van der Waals surface area (Å²) in [5.41, 5.74) is 5.80. The van der Waals surface area contributed by atoms with Crippen molar-refractivity contribution in [3.63, 3.8) is 0 Å². The highest BCUT2D eigenvalue weighted by Crippen LogP contribution is 2.43. The number of hydrogen-bond donors (Lipinski definition) is 1. The van der Waals surface area contributed by atoms with E-state index in [-0.39, 0.29) is 12.1 Å². The maximum Gasteiger partial charge on any atom is 0.174 e. The van der Waals surface area contributed by atoms with E-state index in [1.165, 1.54) is 17.0 Å². The molecule has 3 aromatic rings. The second kappa shape index (κ2) is 11.0. The number of ether oxygens (including phenoxy) is 2. The number of anilines is 1. The highest BCUT2D eigenvalue weighted by molar-refractivity contribution is 7.80. The average Bonchev–Trinajstić information content (AvgIpc) is 3.40. The molecule has 0 spiro atoms. The number of nitrogens with zero attached hydrogens (tertiary/aromatic N) is 4. The van der Waals surface area contributed by atoms with Crippen LogP contribution in [0.1, 0.15) is 41.1 Å². The molecule has 0 amide bonds. The maximum absolute atomic E-state index is 5.91. The molecule has 2 atom stereocenters. The minimum Gasteiger partial charge on any atom is -0.497 e. The van der Waals surface area contributed by atoms with E-state index in [1.807, 2.05) is 36.5 Å². The summed E-state index contributed by atoms with van der Waals surface area (Å²) in [6, 6.07) is 16.4. The van der Waals surface area contributed by atoms with Gasteiger partial charge >= 0.3 is 0 Å². The summed E-state index contributed by atoms with van der Waals surface area (Å²) < 4.78 is 13.5. The highest BCUT2D eigenvalue weighted by atomic mass is 32.1. The van der Waals surface area contributed by atoms with Crippen LogP contribution in [0.5, 0.6) is 5.75 Å². The van der Waals surface area contributed by atoms with Crippen molar-refractivity contribution in [1.82, 2.24) is 19.8 Å². The quantitative estimate of drug-likeness (QED) is 0.455. The van der Waals surface area contributed by atoms with Crippen LogP contribution in [0.4, 0.5) is 5.69 Å². The first kappa shape index (κ1) is 24.7. The molecular formula is C28H35N5O2S. The smallest absolute Gasteiger partial charge is 0.174 e. The van der Waals surface area contributed by atoms with Crippen LogP contribution in [-0.4, -0.2) is 59.5 Å². The number of thiocarbonyl (C=S) groups is 1. The summed E-state index contributed by atoms with van der Waals surface area (Å²) >= 11 is 5.91. The van der Waals surface area contributed by atoms with Crippen LogP contribution in [0.2, 0.25) is 0 Å². The van der Waals surface area contributed by atoms with Crippen LogP contribution >= 0.6 is 12.2 Å². The number of methoxy groups -OCH3 is 1. The first-order valence-electron chi connectivity index (χ1n) is 12.7. The number of morpholine rings is 1. The van der Waals surface area contributed by atoms with Gasteiger partial charge in [-0.3, -0.25) is 9.88 Å².